The Kier molecular flexibility index (Phi) is 9.86. The van der Waals surface area contributed by atoms with E-state index in [0.29, 0.717) is 48.9 Å². The summed E-state index contributed by atoms with van der Waals surface area (Å²) in [6.45, 7) is 14.5. The molecule has 272 valence electrons. The van der Waals surface area contributed by atoms with E-state index in [4.69, 9.17) is 14.2 Å². The molecule has 2 saturated heterocycles. The molecule has 51 heavy (non-hydrogen) atoms. The van der Waals surface area contributed by atoms with Crippen molar-refractivity contribution in [2.75, 3.05) is 42.5 Å². The fraction of sp³-hybridized carbons (Fsp3) is 0.525. The predicted molar refractivity (Wildman–Crippen MR) is 197 cm³/mol. The minimum absolute atomic E-state index is 0.166. The number of benzene rings is 2. The zero-order valence-corrected chi connectivity index (χ0v) is 30.5. The number of H-pyrrole nitrogens is 1. The lowest BCUT2D eigenvalue weighted by atomic mass is 9.86. The number of piperazine rings is 1. The van der Waals surface area contributed by atoms with Crippen LogP contribution in [0.5, 0.6) is 5.88 Å². The Hall–Kier alpha value is -4.35. The summed E-state index contributed by atoms with van der Waals surface area (Å²) >= 11 is 0. The van der Waals surface area contributed by atoms with Gasteiger partial charge in [-0.1, -0.05) is 30.3 Å². The highest BCUT2D eigenvalue weighted by Crippen LogP contribution is 2.39. The van der Waals surface area contributed by atoms with E-state index in [1.807, 2.05) is 70.2 Å². The quantitative estimate of drug-likeness (QED) is 0.300. The van der Waals surface area contributed by atoms with E-state index in [-0.39, 0.29) is 35.8 Å². The summed E-state index contributed by atoms with van der Waals surface area (Å²) in [4.78, 5) is 50.4. The van der Waals surface area contributed by atoms with Gasteiger partial charge in [-0.05, 0) is 95.7 Å². The predicted octanol–water partition coefficient (Wildman–Crippen LogP) is 6.13. The van der Waals surface area contributed by atoms with Crippen LogP contribution < -0.4 is 20.1 Å². The van der Waals surface area contributed by atoms with Crippen LogP contribution in [0.3, 0.4) is 0 Å². The highest BCUT2D eigenvalue weighted by atomic mass is 16.6. The Bertz CT molecular complexity index is 1780. The van der Waals surface area contributed by atoms with E-state index >= 15 is 0 Å². The third-order valence-corrected chi connectivity index (χ3v) is 10.7. The molecule has 7 rings (SSSR count). The number of aromatic nitrogens is 1. The molecule has 0 spiro atoms. The van der Waals surface area contributed by atoms with Crippen molar-refractivity contribution in [1.29, 1.82) is 0 Å². The van der Waals surface area contributed by atoms with Gasteiger partial charge in [0, 0.05) is 62.1 Å². The summed E-state index contributed by atoms with van der Waals surface area (Å²) < 4.78 is 17.8. The van der Waals surface area contributed by atoms with Crippen LogP contribution in [0.2, 0.25) is 0 Å². The molecule has 2 atom stereocenters. The van der Waals surface area contributed by atoms with E-state index in [0.717, 1.165) is 62.1 Å². The van der Waals surface area contributed by atoms with Crippen molar-refractivity contribution in [3.8, 4) is 5.88 Å². The molecule has 1 N–H and O–H groups in total. The Balaban J connectivity index is 0.902. The molecule has 2 aromatic carbocycles. The Morgan fingerprint density at radius 1 is 0.902 bits per heavy atom. The molecule has 3 aliphatic heterocycles. The third kappa shape index (κ3) is 7.65. The first kappa shape index (κ1) is 35.1. The van der Waals surface area contributed by atoms with Crippen LogP contribution in [0.4, 0.5) is 16.2 Å². The van der Waals surface area contributed by atoms with Gasteiger partial charge >= 0.3 is 6.09 Å². The van der Waals surface area contributed by atoms with Crippen LogP contribution in [-0.4, -0.2) is 89.4 Å². The number of hydrogen-bond acceptors (Lipinski definition) is 8. The van der Waals surface area contributed by atoms with Crippen molar-refractivity contribution < 1.29 is 23.8 Å². The molecular formula is C40H51N5O6. The maximum Gasteiger partial charge on any atom is 0.410 e. The number of nitrogens with zero attached hydrogens (tertiary/aromatic N) is 4. The van der Waals surface area contributed by atoms with Gasteiger partial charge in [0.05, 0.1) is 18.2 Å². The van der Waals surface area contributed by atoms with Crippen molar-refractivity contribution in [3.05, 3.63) is 87.7 Å². The number of hydrogen-bond donors (Lipinski definition) is 1. The van der Waals surface area contributed by atoms with E-state index in [2.05, 4.69) is 27.8 Å². The van der Waals surface area contributed by atoms with Crippen LogP contribution in [0.25, 0.3) is 0 Å². The van der Waals surface area contributed by atoms with Crippen LogP contribution in [-0.2, 0) is 16.1 Å². The lowest BCUT2D eigenvalue weighted by Crippen LogP contribution is -2.59. The summed E-state index contributed by atoms with van der Waals surface area (Å²) in [6.07, 6.45) is 4.06. The molecule has 3 fully saturated rings. The van der Waals surface area contributed by atoms with Gasteiger partial charge < -0.3 is 24.0 Å². The number of nitrogens with one attached hydrogen (secondary N) is 1. The topological polar surface area (TPSA) is 108 Å². The van der Waals surface area contributed by atoms with Gasteiger partial charge in [0.2, 0.25) is 0 Å². The second-order valence-electron chi connectivity index (χ2n) is 15.5. The Labute approximate surface area is 300 Å². The van der Waals surface area contributed by atoms with Crippen molar-refractivity contribution in [2.24, 2.45) is 0 Å². The maximum absolute atomic E-state index is 13.6. The largest absolute Gasteiger partial charge is 0.474 e. The molecule has 1 saturated carbocycles. The fourth-order valence-electron chi connectivity index (χ4n) is 7.91. The molecule has 1 aromatic heterocycles. The highest BCUT2D eigenvalue weighted by Gasteiger charge is 2.40. The SMILES string of the molecule is C[C@@H]1CN(C2CC(OC3CCN(C(=O)OC(C)(C)C)CC3)C2)CCN1c1ccc2c(c1)[C@H](C)N(c1ccc(OCc3ccccc3)[nH]c1=O)C2=O. The molecule has 4 heterocycles. The number of amides is 2. The maximum atomic E-state index is 13.6. The van der Waals surface area contributed by atoms with Crippen LogP contribution in [0.1, 0.15) is 87.8 Å². The number of piperidine rings is 1. The monoisotopic (exact) mass is 697 g/mol. The van der Waals surface area contributed by atoms with E-state index in [1.54, 1.807) is 21.9 Å². The van der Waals surface area contributed by atoms with Crippen molar-refractivity contribution in [1.82, 2.24) is 14.8 Å². The minimum atomic E-state index is -0.479. The van der Waals surface area contributed by atoms with Crippen molar-refractivity contribution >= 4 is 23.4 Å². The first-order valence-electron chi connectivity index (χ1n) is 18.4. The fourth-order valence-corrected chi connectivity index (χ4v) is 7.91. The first-order valence-corrected chi connectivity index (χ1v) is 18.4. The minimum Gasteiger partial charge on any atom is -0.474 e. The lowest BCUT2D eigenvalue weighted by Gasteiger charge is -2.49. The number of pyridine rings is 1. The normalized spacial score (nSPS) is 24.3. The average molecular weight is 698 g/mol. The van der Waals surface area contributed by atoms with Gasteiger partial charge in [0.25, 0.3) is 11.5 Å². The highest BCUT2D eigenvalue weighted by molar-refractivity contribution is 6.11. The summed E-state index contributed by atoms with van der Waals surface area (Å²) in [6, 6.07) is 19.8. The number of carbonyl (C=O) groups excluding carboxylic acids is 2. The van der Waals surface area contributed by atoms with Gasteiger partial charge in [-0.3, -0.25) is 24.4 Å². The molecule has 0 unspecified atom stereocenters. The first-order chi connectivity index (χ1) is 24.4. The molecule has 0 radical (unpaired) electrons. The smallest absolute Gasteiger partial charge is 0.410 e. The number of fused-ring (bicyclic) bond motifs is 1. The molecule has 11 nitrogen and oxygen atoms in total. The average Bonchev–Trinajstić information content (AvgIpc) is 3.33. The number of likely N-dealkylation sites (tertiary alicyclic amines) is 1. The zero-order chi connectivity index (χ0) is 35.9. The molecule has 11 heteroatoms. The molecule has 3 aromatic rings. The molecular weight excluding hydrogens is 646 g/mol. The Morgan fingerprint density at radius 3 is 2.33 bits per heavy atom. The van der Waals surface area contributed by atoms with Crippen LogP contribution >= 0.6 is 0 Å². The van der Waals surface area contributed by atoms with E-state index in [1.165, 1.54) is 0 Å². The van der Waals surface area contributed by atoms with E-state index in [9.17, 15) is 14.4 Å². The molecule has 4 aliphatic rings. The number of carbonyl (C=O) groups is 2. The van der Waals surface area contributed by atoms with Crippen LogP contribution in [0, 0.1) is 0 Å². The third-order valence-electron chi connectivity index (χ3n) is 10.7. The van der Waals surface area contributed by atoms with Crippen LogP contribution in [0.15, 0.2) is 65.5 Å². The summed E-state index contributed by atoms with van der Waals surface area (Å²) in [7, 11) is 0. The van der Waals surface area contributed by atoms with Crippen molar-refractivity contribution in [3.63, 3.8) is 0 Å². The lowest BCUT2D eigenvalue weighted by molar-refractivity contribution is -0.104. The van der Waals surface area contributed by atoms with Gasteiger partial charge in [0.1, 0.15) is 17.9 Å². The molecule has 2 amide bonds. The van der Waals surface area contributed by atoms with Gasteiger partial charge in [-0.2, -0.15) is 0 Å². The van der Waals surface area contributed by atoms with E-state index < -0.39 is 5.60 Å². The summed E-state index contributed by atoms with van der Waals surface area (Å²) in [5.74, 6) is 0.197. The number of aromatic amines is 1. The molecule has 0 bridgehead atoms. The number of anilines is 2. The summed E-state index contributed by atoms with van der Waals surface area (Å²) in [5.41, 5.74) is 3.16. The zero-order valence-electron chi connectivity index (χ0n) is 30.5. The standard InChI is InChI=1S/C40H51N5O6/c1-26-24-43(30-21-32(22-30)50-31-15-17-42(18-16-31)39(48)51-40(3,4)5)19-20-44(26)29-11-12-33-34(23-29)27(2)45(38(33)47)35-13-14-36(41-37(35)46)49-25-28-9-7-6-8-10-28/h6-14,23,26-27,30-32H,15-22,24-25H2,1-5H3,(H,41,46)/t26-,27+,30?,32?/m1/s1. The second-order valence-corrected chi connectivity index (χ2v) is 15.5. The number of rotatable bonds is 8. The Morgan fingerprint density at radius 2 is 1.65 bits per heavy atom. The summed E-state index contributed by atoms with van der Waals surface area (Å²) in [5, 5.41) is 0. The number of ether oxygens (including phenoxy) is 3. The van der Waals surface area contributed by atoms with Gasteiger partial charge in [-0.15, -0.1) is 0 Å². The van der Waals surface area contributed by atoms with Gasteiger partial charge in [-0.25, -0.2) is 4.79 Å². The van der Waals surface area contributed by atoms with Gasteiger partial charge in [0.15, 0.2) is 5.88 Å². The molecule has 1 aliphatic carbocycles. The second kappa shape index (κ2) is 14.3. The van der Waals surface area contributed by atoms with Crippen molar-refractivity contribution in [2.45, 2.75) is 103 Å².